The van der Waals surface area contributed by atoms with Gasteiger partial charge in [-0.25, -0.2) is 4.79 Å². The van der Waals surface area contributed by atoms with Crippen LogP contribution in [0, 0.1) is 6.92 Å². The molecule has 0 aliphatic carbocycles. The Bertz CT molecular complexity index is 599. The van der Waals surface area contributed by atoms with Gasteiger partial charge in [-0.3, -0.25) is 4.68 Å². The van der Waals surface area contributed by atoms with Crippen LogP contribution < -0.4 is 0 Å². The highest BCUT2D eigenvalue weighted by Crippen LogP contribution is 2.37. The molecule has 1 N–H and O–H groups in total. The van der Waals surface area contributed by atoms with E-state index in [2.05, 4.69) is 12.0 Å². The van der Waals surface area contributed by atoms with Crippen molar-refractivity contribution < 1.29 is 9.90 Å². The molecule has 2 rings (SSSR count). The summed E-state index contributed by atoms with van der Waals surface area (Å²) < 4.78 is 1.80. The van der Waals surface area contributed by atoms with Crippen molar-refractivity contribution in [1.82, 2.24) is 9.78 Å². The minimum atomic E-state index is -0.839. The van der Waals surface area contributed by atoms with Crippen molar-refractivity contribution in [3.63, 3.8) is 0 Å². The molecular formula is C14H18N2O2S. The van der Waals surface area contributed by atoms with Gasteiger partial charge in [0.1, 0.15) is 4.88 Å². The van der Waals surface area contributed by atoms with Crippen LogP contribution in [0.1, 0.15) is 39.9 Å². The highest BCUT2D eigenvalue weighted by Gasteiger charge is 2.21. The molecule has 0 aliphatic rings. The summed E-state index contributed by atoms with van der Waals surface area (Å²) in [5.41, 5.74) is 2.90. The molecule has 0 bridgehead atoms. The SMILES string of the molecule is CCCCc1sc(C(=O)O)c(C)c1-c1ccnn1C. The number of nitrogens with zero attached hydrogens (tertiary/aromatic N) is 2. The van der Waals surface area contributed by atoms with E-state index in [0.717, 1.165) is 41.0 Å². The maximum atomic E-state index is 11.3. The molecule has 102 valence electrons. The summed E-state index contributed by atoms with van der Waals surface area (Å²) in [5, 5.41) is 13.5. The lowest BCUT2D eigenvalue weighted by atomic mass is 10.0. The van der Waals surface area contributed by atoms with Crippen molar-refractivity contribution in [2.45, 2.75) is 33.1 Å². The van der Waals surface area contributed by atoms with E-state index in [0.29, 0.717) is 4.88 Å². The zero-order valence-corrected chi connectivity index (χ0v) is 12.3. The van der Waals surface area contributed by atoms with E-state index in [4.69, 9.17) is 0 Å². The van der Waals surface area contributed by atoms with Gasteiger partial charge in [-0.05, 0) is 31.4 Å². The molecule has 0 atom stereocenters. The third-order valence-corrected chi connectivity index (χ3v) is 4.59. The topological polar surface area (TPSA) is 55.1 Å². The number of carboxylic acids is 1. The second kappa shape index (κ2) is 5.57. The summed E-state index contributed by atoms with van der Waals surface area (Å²) in [6, 6.07) is 1.94. The standard InChI is InChI=1S/C14H18N2O2S/c1-4-5-6-11-12(10-7-8-15-16(10)3)9(2)13(19-11)14(17)18/h7-8H,4-6H2,1-3H3,(H,17,18). The molecule has 2 heterocycles. The Morgan fingerprint density at radius 1 is 1.53 bits per heavy atom. The molecule has 2 aromatic rings. The van der Waals surface area contributed by atoms with Crippen molar-refractivity contribution >= 4 is 17.3 Å². The maximum absolute atomic E-state index is 11.3. The van der Waals surface area contributed by atoms with Gasteiger partial charge >= 0.3 is 5.97 Å². The highest BCUT2D eigenvalue weighted by molar-refractivity contribution is 7.14. The predicted octanol–water partition coefficient (Wildman–Crippen LogP) is 3.50. The van der Waals surface area contributed by atoms with E-state index in [1.807, 2.05) is 20.0 Å². The molecule has 0 radical (unpaired) electrons. The lowest BCUT2D eigenvalue weighted by molar-refractivity contribution is 0.0701. The lowest BCUT2D eigenvalue weighted by Crippen LogP contribution is -1.98. The van der Waals surface area contributed by atoms with E-state index in [1.54, 1.807) is 10.9 Å². The molecule has 0 unspecified atom stereocenters. The van der Waals surface area contributed by atoms with Gasteiger partial charge in [0.2, 0.25) is 0 Å². The van der Waals surface area contributed by atoms with Gasteiger partial charge in [-0.1, -0.05) is 13.3 Å². The van der Waals surface area contributed by atoms with Gasteiger partial charge in [-0.15, -0.1) is 11.3 Å². The van der Waals surface area contributed by atoms with Crippen LogP contribution in [0.15, 0.2) is 12.3 Å². The van der Waals surface area contributed by atoms with Crippen LogP contribution >= 0.6 is 11.3 Å². The first-order chi connectivity index (χ1) is 9.06. The number of aromatic carboxylic acids is 1. The van der Waals surface area contributed by atoms with Crippen molar-refractivity contribution in [3.8, 4) is 11.3 Å². The van der Waals surface area contributed by atoms with E-state index in [9.17, 15) is 9.90 Å². The quantitative estimate of drug-likeness (QED) is 0.910. The van der Waals surface area contributed by atoms with E-state index in [-0.39, 0.29) is 0 Å². The molecule has 0 fully saturated rings. The number of hydrogen-bond acceptors (Lipinski definition) is 3. The van der Waals surface area contributed by atoms with Crippen LogP contribution in [0.4, 0.5) is 0 Å². The van der Waals surface area contributed by atoms with Crippen LogP contribution in [0.25, 0.3) is 11.3 Å². The average Bonchev–Trinajstić information content (AvgIpc) is 2.90. The number of unbranched alkanes of at least 4 members (excludes halogenated alkanes) is 1. The Balaban J connectivity index is 2.56. The second-order valence-electron chi connectivity index (χ2n) is 4.60. The third kappa shape index (κ3) is 2.56. The third-order valence-electron chi connectivity index (χ3n) is 3.25. The molecule has 5 heteroatoms. The normalized spacial score (nSPS) is 10.9. The van der Waals surface area contributed by atoms with E-state index < -0.39 is 5.97 Å². The highest BCUT2D eigenvalue weighted by atomic mass is 32.1. The zero-order chi connectivity index (χ0) is 14.0. The molecular weight excluding hydrogens is 260 g/mol. The molecule has 2 aromatic heterocycles. The fraction of sp³-hybridized carbons (Fsp3) is 0.429. The summed E-state index contributed by atoms with van der Waals surface area (Å²) in [4.78, 5) is 12.9. The van der Waals surface area contributed by atoms with Gasteiger partial charge < -0.3 is 5.11 Å². The Hall–Kier alpha value is -1.62. The average molecular weight is 278 g/mol. The van der Waals surface area contributed by atoms with Crippen LogP contribution in [-0.2, 0) is 13.5 Å². The Labute approximate surface area is 116 Å². The largest absolute Gasteiger partial charge is 0.477 e. The fourth-order valence-corrected chi connectivity index (χ4v) is 3.44. The fourth-order valence-electron chi connectivity index (χ4n) is 2.24. The van der Waals surface area contributed by atoms with Crippen molar-refractivity contribution in [2.24, 2.45) is 7.05 Å². The molecule has 0 aromatic carbocycles. The first kappa shape index (κ1) is 13.8. The summed E-state index contributed by atoms with van der Waals surface area (Å²) in [6.07, 6.45) is 4.85. The molecule has 0 aliphatic heterocycles. The first-order valence-electron chi connectivity index (χ1n) is 6.40. The minimum absolute atomic E-state index is 0.447. The number of aromatic nitrogens is 2. The molecule has 0 saturated carbocycles. The van der Waals surface area contributed by atoms with Crippen LogP contribution in [0.2, 0.25) is 0 Å². The Morgan fingerprint density at radius 3 is 2.79 bits per heavy atom. The van der Waals surface area contributed by atoms with Gasteiger partial charge in [0, 0.05) is 23.7 Å². The number of aryl methyl sites for hydroxylation is 2. The van der Waals surface area contributed by atoms with E-state index >= 15 is 0 Å². The smallest absolute Gasteiger partial charge is 0.346 e. The predicted molar refractivity (Wildman–Crippen MR) is 76.8 cm³/mol. The van der Waals surface area contributed by atoms with Crippen LogP contribution in [0.5, 0.6) is 0 Å². The summed E-state index contributed by atoms with van der Waals surface area (Å²) in [7, 11) is 1.89. The van der Waals surface area contributed by atoms with Crippen LogP contribution in [-0.4, -0.2) is 20.9 Å². The maximum Gasteiger partial charge on any atom is 0.346 e. The lowest BCUT2D eigenvalue weighted by Gasteiger charge is -2.05. The number of rotatable bonds is 5. The van der Waals surface area contributed by atoms with Crippen molar-refractivity contribution in [1.29, 1.82) is 0 Å². The molecule has 4 nitrogen and oxygen atoms in total. The molecule has 19 heavy (non-hydrogen) atoms. The molecule has 0 amide bonds. The van der Waals surface area contributed by atoms with Gasteiger partial charge in [0.25, 0.3) is 0 Å². The summed E-state index contributed by atoms with van der Waals surface area (Å²) in [5.74, 6) is -0.839. The van der Waals surface area contributed by atoms with E-state index in [1.165, 1.54) is 11.3 Å². The number of hydrogen-bond donors (Lipinski definition) is 1. The summed E-state index contributed by atoms with van der Waals surface area (Å²) >= 11 is 1.40. The monoisotopic (exact) mass is 278 g/mol. The Kier molecular flexibility index (Phi) is 4.04. The molecule has 0 saturated heterocycles. The van der Waals surface area contributed by atoms with Gasteiger partial charge in [0.05, 0.1) is 5.69 Å². The number of carboxylic acid groups (broad SMARTS) is 1. The van der Waals surface area contributed by atoms with Gasteiger partial charge in [0.15, 0.2) is 0 Å². The minimum Gasteiger partial charge on any atom is -0.477 e. The number of carbonyl (C=O) groups is 1. The van der Waals surface area contributed by atoms with Crippen molar-refractivity contribution in [2.75, 3.05) is 0 Å². The first-order valence-corrected chi connectivity index (χ1v) is 7.21. The van der Waals surface area contributed by atoms with Crippen LogP contribution in [0.3, 0.4) is 0 Å². The number of thiophene rings is 1. The summed E-state index contributed by atoms with van der Waals surface area (Å²) in [6.45, 7) is 4.03. The van der Waals surface area contributed by atoms with Crippen molar-refractivity contribution in [3.05, 3.63) is 27.6 Å². The Morgan fingerprint density at radius 2 is 2.26 bits per heavy atom. The molecule has 0 spiro atoms. The second-order valence-corrected chi connectivity index (χ2v) is 5.71. The van der Waals surface area contributed by atoms with Gasteiger partial charge in [-0.2, -0.15) is 5.10 Å². The zero-order valence-electron chi connectivity index (χ0n) is 11.4.